The standard InChI is InChI=1S/C15H22N2/c1-2-12-7-3-6-10-14(12)11-17-15(16)13-8-4-5-9-13/h3,6-7,10,13H,2,4-5,8-9,11H2,1H3,(H2,16,17). The molecule has 17 heavy (non-hydrogen) atoms. The van der Waals surface area contributed by atoms with Gasteiger partial charge in [-0.3, -0.25) is 4.99 Å². The van der Waals surface area contributed by atoms with Crippen LogP contribution in [-0.4, -0.2) is 5.84 Å². The Morgan fingerprint density at radius 2 is 1.88 bits per heavy atom. The Hall–Kier alpha value is -1.31. The average molecular weight is 230 g/mol. The van der Waals surface area contributed by atoms with Gasteiger partial charge < -0.3 is 5.73 Å². The lowest BCUT2D eigenvalue weighted by atomic mass is 10.0. The van der Waals surface area contributed by atoms with Gasteiger partial charge in [0, 0.05) is 5.92 Å². The highest BCUT2D eigenvalue weighted by Crippen LogP contribution is 2.25. The molecular weight excluding hydrogens is 208 g/mol. The smallest absolute Gasteiger partial charge is 0.0972 e. The lowest BCUT2D eigenvalue weighted by Gasteiger charge is -2.09. The van der Waals surface area contributed by atoms with Gasteiger partial charge in [0.05, 0.1) is 12.4 Å². The number of nitrogens with zero attached hydrogens (tertiary/aromatic N) is 1. The fraction of sp³-hybridized carbons (Fsp3) is 0.533. The number of aryl methyl sites for hydroxylation is 1. The molecule has 1 fully saturated rings. The van der Waals surface area contributed by atoms with Crippen molar-refractivity contribution in [3.05, 3.63) is 35.4 Å². The normalized spacial score (nSPS) is 17.6. The maximum Gasteiger partial charge on any atom is 0.0972 e. The molecule has 0 radical (unpaired) electrons. The highest BCUT2D eigenvalue weighted by molar-refractivity contribution is 5.83. The molecule has 1 aromatic carbocycles. The molecule has 1 saturated carbocycles. The van der Waals surface area contributed by atoms with E-state index in [2.05, 4.69) is 36.2 Å². The lowest BCUT2D eigenvalue weighted by molar-refractivity contribution is 0.715. The molecule has 2 N–H and O–H groups in total. The number of benzene rings is 1. The summed E-state index contributed by atoms with van der Waals surface area (Å²) in [7, 11) is 0. The summed E-state index contributed by atoms with van der Waals surface area (Å²) in [5.74, 6) is 1.41. The van der Waals surface area contributed by atoms with Crippen molar-refractivity contribution >= 4 is 5.84 Å². The predicted molar refractivity (Wildman–Crippen MR) is 73.1 cm³/mol. The molecule has 2 heteroatoms. The fourth-order valence-corrected chi connectivity index (χ4v) is 2.58. The molecule has 0 aromatic heterocycles. The first-order valence-electron chi connectivity index (χ1n) is 6.68. The summed E-state index contributed by atoms with van der Waals surface area (Å²) >= 11 is 0. The number of hydrogen-bond donors (Lipinski definition) is 1. The van der Waals surface area contributed by atoms with Crippen LogP contribution in [0.1, 0.15) is 43.7 Å². The molecule has 0 bridgehead atoms. The van der Waals surface area contributed by atoms with Gasteiger partial charge in [-0.25, -0.2) is 0 Å². The molecule has 0 atom stereocenters. The third-order valence-corrected chi connectivity index (χ3v) is 3.70. The number of rotatable bonds is 4. The SMILES string of the molecule is CCc1ccccc1CN=C(N)C1CCCC1. The molecule has 2 rings (SSSR count). The van der Waals surface area contributed by atoms with Crippen LogP contribution in [0.3, 0.4) is 0 Å². The second-order valence-electron chi connectivity index (χ2n) is 4.84. The van der Waals surface area contributed by atoms with Gasteiger partial charge in [0.25, 0.3) is 0 Å². The van der Waals surface area contributed by atoms with Crippen LogP contribution in [0.15, 0.2) is 29.3 Å². The van der Waals surface area contributed by atoms with E-state index in [0.717, 1.165) is 18.8 Å². The summed E-state index contributed by atoms with van der Waals surface area (Å²) in [6.45, 7) is 2.93. The minimum Gasteiger partial charge on any atom is -0.387 e. The summed E-state index contributed by atoms with van der Waals surface area (Å²) in [6.07, 6.45) is 6.14. The van der Waals surface area contributed by atoms with E-state index in [-0.39, 0.29) is 0 Å². The maximum atomic E-state index is 6.07. The highest BCUT2D eigenvalue weighted by atomic mass is 14.9. The Balaban J connectivity index is 2.02. The Bertz CT molecular complexity index is 390. The molecule has 92 valence electrons. The summed E-state index contributed by atoms with van der Waals surface area (Å²) in [4.78, 5) is 4.58. The highest BCUT2D eigenvalue weighted by Gasteiger charge is 2.18. The van der Waals surface area contributed by atoms with Gasteiger partial charge >= 0.3 is 0 Å². The summed E-state index contributed by atoms with van der Waals surface area (Å²) < 4.78 is 0. The Labute approximate surface area is 104 Å². The number of aliphatic imine (C=N–C) groups is 1. The van der Waals surface area contributed by atoms with Crippen molar-refractivity contribution in [1.82, 2.24) is 0 Å². The molecule has 0 unspecified atom stereocenters. The minimum atomic E-state index is 0.545. The van der Waals surface area contributed by atoms with E-state index >= 15 is 0 Å². The lowest BCUT2D eigenvalue weighted by Crippen LogP contribution is -2.21. The van der Waals surface area contributed by atoms with Gasteiger partial charge in [0.2, 0.25) is 0 Å². The van der Waals surface area contributed by atoms with Gasteiger partial charge in [0.15, 0.2) is 0 Å². The van der Waals surface area contributed by atoms with Crippen molar-refractivity contribution in [2.75, 3.05) is 0 Å². The van der Waals surface area contributed by atoms with Crippen LogP contribution >= 0.6 is 0 Å². The second-order valence-corrected chi connectivity index (χ2v) is 4.84. The van der Waals surface area contributed by atoms with E-state index in [1.807, 2.05) is 0 Å². The molecule has 0 aliphatic heterocycles. The predicted octanol–water partition coefficient (Wildman–Crippen LogP) is 3.30. The molecule has 1 aromatic rings. The maximum absolute atomic E-state index is 6.07. The zero-order valence-corrected chi connectivity index (χ0v) is 10.7. The molecule has 0 saturated heterocycles. The Morgan fingerprint density at radius 1 is 1.24 bits per heavy atom. The Morgan fingerprint density at radius 3 is 2.53 bits per heavy atom. The van der Waals surface area contributed by atoms with Gasteiger partial charge in [-0.1, -0.05) is 44.0 Å². The quantitative estimate of drug-likeness (QED) is 0.625. The first-order chi connectivity index (χ1) is 8.31. The molecule has 1 aliphatic carbocycles. The number of nitrogens with two attached hydrogens (primary N) is 1. The summed E-state index contributed by atoms with van der Waals surface area (Å²) in [6, 6.07) is 8.50. The van der Waals surface area contributed by atoms with Gasteiger partial charge in [-0.2, -0.15) is 0 Å². The van der Waals surface area contributed by atoms with Gasteiger partial charge in [-0.05, 0) is 30.4 Å². The van der Waals surface area contributed by atoms with E-state index in [1.165, 1.54) is 36.8 Å². The zero-order valence-electron chi connectivity index (χ0n) is 10.7. The van der Waals surface area contributed by atoms with Crippen LogP contribution < -0.4 is 5.73 Å². The first kappa shape index (κ1) is 12.2. The van der Waals surface area contributed by atoms with E-state index in [1.54, 1.807) is 0 Å². The third-order valence-electron chi connectivity index (χ3n) is 3.70. The Kier molecular flexibility index (Phi) is 4.18. The third kappa shape index (κ3) is 3.09. The summed E-state index contributed by atoms with van der Waals surface area (Å²) in [5.41, 5.74) is 8.77. The van der Waals surface area contributed by atoms with Crippen LogP contribution in [0.25, 0.3) is 0 Å². The minimum absolute atomic E-state index is 0.545. The van der Waals surface area contributed by atoms with Crippen LogP contribution in [-0.2, 0) is 13.0 Å². The van der Waals surface area contributed by atoms with E-state index in [4.69, 9.17) is 5.73 Å². The number of amidine groups is 1. The van der Waals surface area contributed by atoms with Crippen molar-refractivity contribution in [3.63, 3.8) is 0 Å². The fourth-order valence-electron chi connectivity index (χ4n) is 2.58. The van der Waals surface area contributed by atoms with Crippen molar-refractivity contribution in [2.24, 2.45) is 16.6 Å². The summed E-state index contributed by atoms with van der Waals surface area (Å²) in [5, 5.41) is 0. The topological polar surface area (TPSA) is 38.4 Å². The van der Waals surface area contributed by atoms with Crippen LogP contribution in [0, 0.1) is 5.92 Å². The number of hydrogen-bond acceptors (Lipinski definition) is 1. The van der Waals surface area contributed by atoms with E-state index in [9.17, 15) is 0 Å². The van der Waals surface area contributed by atoms with Gasteiger partial charge in [-0.15, -0.1) is 0 Å². The van der Waals surface area contributed by atoms with Crippen LogP contribution in [0.2, 0.25) is 0 Å². The van der Waals surface area contributed by atoms with Crippen LogP contribution in [0.5, 0.6) is 0 Å². The van der Waals surface area contributed by atoms with Crippen molar-refractivity contribution in [3.8, 4) is 0 Å². The van der Waals surface area contributed by atoms with E-state index in [0.29, 0.717) is 5.92 Å². The molecule has 0 heterocycles. The largest absolute Gasteiger partial charge is 0.387 e. The monoisotopic (exact) mass is 230 g/mol. The van der Waals surface area contributed by atoms with Crippen molar-refractivity contribution in [1.29, 1.82) is 0 Å². The molecular formula is C15H22N2. The first-order valence-corrected chi connectivity index (χ1v) is 6.68. The second kappa shape index (κ2) is 5.85. The van der Waals surface area contributed by atoms with Crippen molar-refractivity contribution in [2.45, 2.75) is 45.6 Å². The zero-order chi connectivity index (χ0) is 12.1. The molecule has 1 aliphatic rings. The average Bonchev–Trinajstić information content (AvgIpc) is 2.90. The molecule has 0 amide bonds. The van der Waals surface area contributed by atoms with Gasteiger partial charge in [0.1, 0.15) is 0 Å². The van der Waals surface area contributed by atoms with E-state index < -0.39 is 0 Å². The van der Waals surface area contributed by atoms with Crippen molar-refractivity contribution < 1.29 is 0 Å². The van der Waals surface area contributed by atoms with Crippen LogP contribution in [0.4, 0.5) is 0 Å². The molecule has 0 spiro atoms. The molecule has 2 nitrogen and oxygen atoms in total.